The molecule has 0 unspecified atom stereocenters. The molecule has 24 heavy (non-hydrogen) atoms. The van der Waals surface area contributed by atoms with Crippen LogP contribution in [0.5, 0.6) is 0 Å². The number of allylic oxidation sites excluding steroid dienone is 1. The van der Waals surface area contributed by atoms with E-state index in [9.17, 15) is 0 Å². The van der Waals surface area contributed by atoms with Crippen molar-refractivity contribution >= 4 is 11.5 Å². The highest BCUT2D eigenvalue weighted by molar-refractivity contribution is 5.72. The Labute approximate surface area is 145 Å². The number of nitrogens with two attached hydrogens (primary N) is 1. The van der Waals surface area contributed by atoms with Gasteiger partial charge in [-0.2, -0.15) is 0 Å². The molecule has 4 nitrogen and oxygen atoms in total. The van der Waals surface area contributed by atoms with Crippen LogP contribution in [0.2, 0.25) is 0 Å². The van der Waals surface area contributed by atoms with Crippen molar-refractivity contribution in [3.8, 4) is 11.3 Å². The second-order valence-electron chi connectivity index (χ2n) is 6.25. The van der Waals surface area contributed by atoms with Crippen LogP contribution in [-0.2, 0) is 0 Å². The lowest BCUT2D eigenvalue weighted by molar-refractivity contribution is 0.660. The molecule has 2 aromatic heterocycles. The standard InChI is InChI=1S/C20H28N4/c1-5-6-7-8-13-24(15(2)3)20-18(21)9-10-19(23-20)17-14-22-12-11-16(17)4/h9-12,14H,2,5-8,13,21H2,1,3-4H3. The fourth-order valence-corrected chi connectivity index (χ4v) is 2.73. The second kappa shape index (κ2) is 8.48. The molecule has 0 amide bonds. The van der Waals surface area contributed by atoms with E-state index in [2.05, 4.69) is 30.3 Å². The van der Waals surface area contributed by atoms with Crippen molar-refractivity contribution in [2.75, 3.05) is 17.2 Å². The van der Waals surface area contributed by atoms with E-state index < -0.39 is 0 Å². The van der Waals surface area contributed by atoms with E-state index in [0.29, 0.717) is 5.69 Å². The van der Waals surface area contributed by atoms with Crippen LogP contribution in [0.3, 0.4) is 0 Å². The first-order valence-electron chi connectivity index (χ1n) is 8.65. The largest absolute Gasteiger partial charge is 0.396 e. The second-order valence-corrected chi connectivity index (χ2v) is 6.25. The van der Waals surface area contributed by atoms with Gasteiger partial charge in [0.15, 0.2) is 5.82 Å². The molecule has 0 aliphatic carbocycles. The molecule has 0 aliphatic heterocycles. The highest BCUT2D eigenvalue weighted by Crippen LogP contribution is 2.29. The summed E-state index contributed by atoms with van der Waals surface area (Å²) in [6, 6.07) is 5.87. The van der Waals surface area contributed by atoms with Gasteiger partial charge in [0.25, 0.3) is 0 Å². The summed E-state index contributed by atoms with van der Waals surface area (Å²) in [6.07, 6.45) is 8.44. The Kier molecular flexibility index (Phi) is 6.36. The van der Waals surface area contributed by atoms with Gasteiger partial charge in [0.2, 0.25) is 0 Å². The van der Waals surface area contributed by atoms with Gasteiger partial charge in [0.05, 0.1) is 11.4 Å². The summed E-state index contributed by atoms with van der Waals surface area (Å²) in [5.41, 5.74) is 10.9. The van der Waals surface area contributed by atoms with Gasteiger partial charge in [-0.05, 0) is 44.0 Å². The SMILES string of the molecule is C=C(C)N(CCCCCC)c1nc(-c2cnccc2C)ccc1N. The minimum Gasteiger partial charge on any atom is -0.396 e. The lowest BCUT2D eigenvalue weighted by Crippen LogP contribution is -2.24. The first-order chi connectivity index (χ1) is 11.5. The van der Waals surface area contributed by atoms with E-state index in [1.165, 1.54) is 19.3 Å². The Hall–Kier alpha value is -2.36. The average molecular weight is 324 g/mol. The van der Waals surface area contributed by atoms with Crippen molar-refractivity contribution in [3.63, 3.8) is 0 Å². The smallest absolute Gasteiger partial charge is 0.156 e. The van der Waals surface area contributed by atoms with Gasteiger partial charge in [-0.15, -0.1) is 0 Å². The number of anilines is 2. The van der Waals surface area contributed by atoms with Crippen molar-refractivity contribution in [1.29, 1.82) is 0 Å². The number of aryl methyl sites for hydroxylation is 1. The number of nitrogens with zero attached hydrogens (tertiary/aromatic N) is 3. The van der Waals surface area contributed by atoms with E-state index >= 15 is 0 Å². The Balaban J connectivity index is 2.31. The molecule has 0 saturated heterocycles. The van der Waals surface area contributed by atoms with Crippen molar-refractivity contribution < 1.29 is 0 Å². The maximum atomic E-state index is 6.21. The Morgan fingerprint density at radius 1 is 1.21 bits per heavy atom. The number of aromatic nitrogens is 2. The molecule has 0 radical (unpaired) electrons. The van der Waals surface area contributed by atoms with Gasteiger partial charge in [0, 0.05) is 30.2 Å². The number of nitrogen functional groups attached to an aromatic ring is 1. The van der Waals surface area contributed by atoms with Crippen LogP contribution < -0.4 is 10.6 Å². The van der Waals surface area contributed by atoms with Gasteiger partial charge in [-0.25, -0.2) is 4.98 Å². The van der Waals surface area contributed by atoms with Crippen LogP contribution in [-0.4, -0.2) is 16.5 Å². The Bertz CT molecular complexity index is 694. The number of hydrogen-bond donors (Lipinski definition) is 1. The highest BCUT2D eigenvalue weighted by atomic mass is 15.2. The number of unbranched alkanes of at least 4 members (excludes halogenated alkanes) is 3. The highest BCUT2D eigenvalue weighted by Gasteiger charge is 2.14. The van der Waals surface area contributed by atoms with Crippen molar-refractivity contribution in [2.24, 2.45) is 0 Å². The van der Waals surface area contributed by atoms with Crippen LogP contribution in [0.15, 0.2) is 42.9 Å². The molecule has 2 aromatic rings. The quantitative estimate of drug-likeness (QED) is 0.698. The molecule has 0 atom stereocenters. The summed E-state index contributed by atoms with van der Waals surface area (Å²) < 4.78 is 0. The molecular formula is C20H28N4. The van der Waals surface area contributed by atoms with E-state index in [0.717, 1.165) is 41.3 Å². The minimum atomic E-state index is 0.679. The van der Waals surface area contributed by atoms with Crippen LogP contribution in [0.1, 0.15) is 45.1 Å². The molecule has 4 heteroatoms. The van der Waals surface area contributed by atoms with Crippen molar-refractivity contribution in [2.45, 2.75) is 46.5 Å². The average Bonchev–Trinajstić information content (AvgIpc) is 2.56. The summed E-state index contributed by atoms with van der Waals surface area (Å²) in [7, 11) is 0. The van der Waals surface area contributed by atoms with Gasteiger partial charge in [-0.1, -0.05) is 32.8 Å². The molecule has 2 N–H and O–H groups in total. The van der Waals surface area contributed by atoms with Gasteiger partial charge >= 0.3 is 0 Å². The molecule has 2 heterocycles. The predicted octanol–water partition coefficient (Wildman–Crippen LogP) is 4.95. The summed E-state index contributed by atoms with van der Waals surface area (Å²) in [5, 5.41) is 0. The zero-order chi connectivity index (χ0) is 17.5. The number of hydrogen-bond acceptors (Lipinski definition) is 4. The summed E-state index contributed by atoms with van der Waals surface area (Å²) >= 11 is 0. The maximum absolute atomic E-state index is 6.21. The van der Waals surface area contributed by atoms with E-state index in [1.54, 1.807) is 6.20 Å². The molecule has 0 spiro atoms. The van der Waals surface area contributed by atoms with Crippen molar-refractivity contribution in [1.82, 2.24) is 9.97 Å². The fraction of sp³-hybridized carbons (Fsp3) is 0.400. The lowest BCUT2D eigenvalue weighted by Gasteiger charge is -2.25. The first kappa shape index (κ1) is 18.0. The zero-order valence-corrected chi connectivity index (χ0v) is 15.0. The van der Waals surface area contributed by atoms with Crippen LogP contribution in [0.25, 0.3) is 11.3 Å². The molecule has 0 aliphatic rings. The van der Waals surface area contributed by atoms with Gasteiger partial charge < -0.3 is 10.6 Å². The molecule has 128 valence electrons. The molecule has 0 bridgehead atoms. The third-order valence-corrected chi connectivity index (χ3v) is 4.17. The Morgan fingerprint density at radius 2 is 2.00 bits per heavy atom. The topological polar surface area (TPSA) is 55.0 Å². The van der Waals surface area contributed by atoms with Gasteiger partial charge in [0.1, 0.15) is 0 Å². The minimum absolute atomic E-state index is 0.679. The third kappa shape index (κ3) is 4.34. The molecule has 0 saturated carbocycles. The summed E-state index contributed by atoms with van der Waals surface area (Å²) in [5.74, 6) is 0.791. The molecular weight excluding hydrogens is 296 g/mol. The summed E-state index contributed by atoms with van der Waals surface area (Å²) in [4.78, 5) is 11.2. The molecule has 0 fully saturated rings. The Morgan fingerprint density at radius 3 is 2.67 bits per heavy atom. The van der Waals surface area contributed by atoms with Crippen LogP contribution >= 0.6 is 0 Å². The predicted molar refractivity (Wildman–Crippen MR) is 103 cm³/mol. The van der Waals surface area contributed by atoms with E-state index in [1.807, 2.05) is 31.3 Å². The van der Waals surface area contributed by atoms with Gasteiger partial charge in [-0.3, -0.25) is 4.98 Å². The third-order valence-electron chi connectivity index (χ3n) is 4.17. The summed E-state index contributed by atoms with van der Waals surface area (Å²) in [6.45, 7) is 11.3. The first-order valence-corrected chi connectivity index (χ1v) is 8.65. The van der Waals surface area contributed by atoms with E-state index in [-0.39, 0.29) is 0 Å². The van der Waals surface area contributed by atoms with Crippen LogP contribution in [0.4, 0.5) is 11.5 Å². The number of rotatable bonds is 8. The monoisotopic (exact) mass is 324 g/mol. The number of pyridine rings is 2. The zero-order valence-electron chi connectivity index (χ0n) is 15.0. The van der Waals surface area contributed by atoms with E-state index in [4.69, 9.17) is 10.7 Å². The maximum Gasteiger partial charge on any atom is 0.156 e. The molecule has 2 rings (SSSR count). The normalized spacial score (nSPS) is 10.6. The lowest BCUT2D eigenvalue weighted by atomic mass is 10.1. The molecule has 0 aromatic carbocycles. The fourth-order valence-electron chi connectivity index (χ4n) is 2.73. The van der Waals surface area contributed by atoms with Crippen LogP contribution in [0, 0.1) is 6.92 Å². The van der Waals surface area contributed by atoms with Crippen molar-refractivity contribution in [3.05, 3.63) is 48.4 Å².